The predicted octanol–water partition coefficient (Wildman–Crippen LogP) is 4.30. The Kier molecular flexibility index (Phi) is 5.03. The van der Waals surface area contributed by atoms with E-state index in [0.29, 0.717) is 0 Å². The van der Waals surface area contributed by atoms with Gasteiger partial charge in [-0.2, -0.15) is 0 Å². The van der Waals surface area contributed by atoms with Crippen LogP contribution in [-0.4, -0.2) is 10.8 Å². The van der Waals surface area contributed by atoms with Gasteiger partial charge >= 0.3 is 0 Å². The second-order valence-corrected chi connectivity index (χ2v) is 5.73. The molecule has 0 amide bonds. The molecule has 0 heterocycles. The molecule has 0 saturated carbocycles. The topological polar surface area (TPSA) is 32.3 Å². The first-order chi connectivity index (χ1) is 10.0. The summed E-state index contributed by atoms with van der Waals surface area (Å²) >= 11 is 0. The van der Waals surface area contributed by atoms with Crippen molar-refractivity contribution < 1.29 is 5.11 Å². The fraction of sp³-hybridized carbons (Fsp3) is 0.368. The molecule has 0 aromatic heterocycles. The van der Waals surface area contributed by atoms with Crippen LogP contribution in [0.2, 0.25) is 0 Å². The SMILES string of the molecule is C/C=C(\C)N[C@@](C)(O)C1=CC=C(C2=CCCC=C2)C=CC1. The van der Waals surface area contributed by atoms with Crippen LogP contribution < -0.4 is 5.32 Å². The highest BCUT2D eigenvalue weighted by Crippen LogP contribution is 2.26. The highest BCUT2D eigenvalue weighted by atomic mass is 16.3. The van der Waals surface area contributed by atoms with Crippen molar-refractivity contribution in [2.75, 3.05) is 0 Å². The first-order valence-corrected chi connectivity index (χ1v) is 7.61. The molecule has 0 unspecified atom stereocenters. The Balaban J connectivity index is 2.22. The molecule has 0 bridgehead atoms. The number of hydrogen-bond donors (Lipinski definition) is 2. The normalized spacial score (nSPS) is 21.9. The predicted molar refractivity (Wildman–Crippen MR) is 89.6 cm³/mol. The summed E-state index contributed by atoms with van der Waals surface area (Å²) in [5, 5.41) is 13.8. The molecule has 2 heteroatoms. The summed E-state index contributed by atoms with van der Waals surface area (Å²) in [7, 11) is 0. The van der Waals surface area contributed by atoms with E-state index in [-0.39, 0.29) is 0 Å². The second-order valence-electron chi connectivity index (χ2n) is 5.73. The average molecular weight is 283 g/mol. The molecule has 0 aromatic carbocycles. The van der Waals surface area contributed by atoms with Crippen LogP contribution in [0.1, 0.15) is 40.0 Å². The Morgan fingerprint density at radius 2 is 1.95 bits per heavy atom. The zero-order valence-electron chi connectivity index (χ0n) is 13.2. The Bertz CT molecular complexity index is 568. The van der Waals surface area contributed by atoms with Crippen LogP contribution in [0.3, 0.4) is 0 Å². The van der Waals surface area contributed by atoms with Crippen molar-refractivity contribution in [2.45, 2.75) is 45.8 Å². The van der Waals surface area contributed by atoms with Crippen LogP contribution in [0.15, 0.2) is 71.0 Å². The summed E-state index contributed by atoms with van der Waals surface area (Å²) in [6.45, 7) is 5.72. The maximum atomic E-state index is 10.7. The summed E-state index contributed by atoms with van der Waals surface area (Å²) in [6, 6.07) is 0. The smallest absolute Gasteiger partial charge is 0.155 e. The third kappa shape index (κ3) is 4.08. The third-order valence-corrected chi connectivity index (χ3v) is 3.93. The molecule has 0 radical (unpaired) electrons. The molecule has 0 saturated heterocycles. The first-order valence-electron chi connectivity index (χ1n) is 7.61. The first kappa shape index (κ1) is 15.6. The van der Waals surface area contributed by atoms with E-state index in [2.05, 4.69) is 41.8 Å². The van der Waals surface area contributed by atoms with Crippen LogP contribution >= 0.6 is 0 Å². The van der Waals surface area contributed by atoms with Crippen LogP contribution in [0.5, 0.6) is 0 Å². The molecule has 21 heavy (non-hydrogen) atoms. The van der Waals surface area contributed by atoms with Crippen molar-refractivity contribution >= 4 is 0 Å². The summed E-state index contributed by atoms with van der Waals surface area (Å²) < 4.78 is 0. The average Bonchev–Trinajstić information content (AvgIpc) is 2.74. The Morgan fingerprint density at radius 3 is 2.62 bits per heavy atom. The molecule has 2 rings (SSSR count). The molecule has 112 valence electrons. The quantitative estimate of drug-likeness (QED) is 0.754. The molecule has 2 aliphatic carbocycles. The van der Waals surface area contributed by atoms with Crippen molar-refractivity contribution in [1.29, 1.82) is 0 Å². The second kappa shape index (κ2) is 6.77. The zero-order valence-corrected chi connectivity index (χ0v) is 13.2. The zero-order chi connectivity index (χ0) is 15.3. The van der Waals surface area contributed by atoms with Crippen LogP contribution in [0.25, 0.3) is 0 Å². The lowest BCUT2D eigenvalue weighted by molar-refractivity contribution is 0.0707. The van der Waals surface area contributed by atoms with Crippen LogP contribution in [-0.2, 0) is 0 Å². The van der Waals surface area contributed by atoms with E-state index in [0.717, 1.165) is 30.5 Å². The molecule has 2 aliphatic rings. The van der Waals surface area contributed by atoms with E-state index in [9.17, 15) is 5.11 Å². The van der Waals surface area contributed by atoms with Crippen molar-refractivity contribution in [1.82, 2.24) is 5.32 Å². The minimum absolute atomic E-state index is 0.744. The third-order valence-electron chi connectivity index (χ3n) is 3.93. The van der Waals surface area contributed by atoms with Gasteiger partial charge in [-0.1, -0.05) is 48.6 Å². The number of hydrogen-bond acceptors (Lipinski definition) is 2. The van der Waals surface area contributed by atoms with Crippen molar-refractivity contribution in [3.63, 3.8) is 0 Å². The molecule has 0 aliphatic heterocycles. The lowest BCUT2D eigenvalue weighted by atomic mass is 9.99. The van der Waals surface area contributed by atoms with Gasteiger partial charge in [0.1, 0.15) is 0 Å². The van der Waals surface area contributed by atoms with Crippen LogP contribution in [0.4, 0.5) is 0 Å². The van der Waals surface area contributed by atoms with Gasteiger partial charge in [0.25, 0.3) is 0 Å². The number of nitrogens with one attached hydrogen (secondary N) is 1. The van der Waals surface area contributed by atoms with E-state index in [1.54, 1.807) is 6.92 Å². The molecular weight excluding hydrogens is 258 g/mol. The van der Waals surface area contributed by atoms with E-state index >= 15 is 0 Å². The van der Waals surface area contributed by atoms with Gasteiger partial charge < -0.3 is 10.4 Å². The number of allylic oxidation sites excluding steroid dienone is 11. The van der Waals surface area contributed by atoms with E-state index in [1.807, 2.05) is 26.0 Å². The molecule has 0 fully saturated rings. The van der Waals surface area contributed by atoms with Gasteiger partial charge in [-0.15, -0.1) is 0 Å². The minimum Gasteiger partial charge on any atom is -0.367 e. The Labute approximate surface area is 128 Å². The lowest BCUT2D eigenvalue weighted by Gasteiger charge is -2.28. The standard InChI is InChI=1S/C19H25NO/c1-4-15(2)20-19(3,21)18-12-8-11-17(13-14-18)16-9-6-5-7-10-16/h4,6,8-11,13-14,20-21H,5,7,12H2,1-3H3/b15-4+/t19-/m0/s1. The summed E-state index contributed by atoms with van der Waals surface area (Å²) in [6.07, 6.45) is 20.0. The highest BCUT2D eigenvalue weighted by molar-refractivity contribution is 5.51. The molecule has 0 aromatic rings. The number of aliphatic hydroxyl groups is 1. The van der Waals surface area contributed by atoms with Crippen LogP contribution in [0, 0.1) is 0 Å². The number of rotatable bonds is 4. The molecular formula is C19H25NO. The largest absolute Gasteiger partial charge is 0.367 e. The molecule has 0 spiro atoms. The highest BCUT2D eigenvalue weighted by Gasteiger charge is 2.24. The van der Waals surface area contributed by atoms with Gasteiger partial charge in [-0.05, 0) is 56.8 Å². The summed E-state index contributed by atoms with van der Waals surface area (Å²) in [5.41, 5.74) is 3.39. The summed E-state index contributed by atoms with van der Waals surface area (Å²) in [5.74, 6) is 0. The lowest BCUT2D eigenvalue weighted by Crippen LogP contribution is -2.42. The maximum Gasteiger partial charge on any atom is 0.155 e. The van der Waals surface area contributed by atoms with Gasteiger partial charge in [0.2, 0.25) is 0 Å². The van der Waals surface area contributed by atoms with E-state index in [1.165, 1.54) is 11.1 Å². The van der Waals surface area contributed by atoms with E-state index in [4.69, 9.17) is 0 Å². The molecule has 1 atom stereocenters. The van der Waals surface area contributed by atoms with Crippen molar-refractivity contribution in [3.05, 3.63) is 71.0 Å². The fourth-order valence-corrected chi connectivity index (χ4v) is 2.54. The molecule has 2 N–H and O–H groups in total. The summed E-state index contributed by atoms with van der Waals surface area (Å²) in [4.78, 5) is 0. The monoisotopic (exact) mass is 283 g/mol. The van der Waals surface area contributed by atoms with E-state index < -0.39 is 5.72 Å². The van der Waals surface area contributed by atoms with Gasteiger partial charge in [-0.25, -0.2) is 0 Å². The van der Waals surface area contributed by atoms with Gasteiger partial charge in [-0.3, -0.25) is 0 Å². The van der Waals surface area contributed by atoms with Crippen molar-refractivity contribution in [2.24, 2.45) is 0 Å². The van der Waals surface area contributed by atoms with Gasteiger partial charge in [0.05, 0.1) is 0 Å². The Morgan fingerprint density at radius 1 is 1.19 bits per heavy atom. The minimum atomic E-state index is -1.02. The van der Waals surface area contributed by atoms with Gasteiger partial charge in [0, 0.05) is 5.70 Å². The maximum absolute atomic E-state index is 10.7. The van der Waals surface area contributed by atoms with Crippen molar-refractivity contribution in [3.8, 4) is 0 Å². The fourth-order valence-electron chi connectivity index (χ4n) is 2.54. The Hall–Kier alpha value is -1.80. The molecule has 2 nitrogen and oxygen atoms in total. The van der Waals surface area contributed by atoms with Gasteiger partial charge in [0.15, 0.2) is 5.72 Å².